The van der Waals surface area contributed by atoms with E-state index >= 15 is 0 Å². The Morgan fingerprint density at radius 3 is 2.33 bits per heavy atom. The third-order valence-electron chi connectivity index (χ3n) is 1.24. The molecule has 0 aliphatic heterocycles. The Hall–Kier alpha value is -0.410. The van der Waals surface area contributed by atoms with Gasteiger partial charge in [-0.25, -0.2) is 0 Å². The van der Waals surface area contributed by atoms with E-state index in [4.69, 9.17) is 10.8 Å². The molecule has 1 unspecified atom stereocenters. The van der Waals surface area contributed by atoms with Crippen molar-refractivity contribution in [2.45, 2.75) is 32.4 Å². The number of hydrogen-bond donors (Lipinski definition) is 2. The van der Waals surface area contributed by atoms with Crippen molar-refractivity contribution in [2.24, 2.45) is 5.73 Å². The summed E-state index contributed by atoms with van der Waals surface area (Å²) in [5.41, 5.74) is 5.27. The second-order valence-corrected chi connectivity index (χ2v) is 2.09. The molecule has 3 N–H and O–H groups in total. The van der Waals surface area contributed by atoms with E-state index < -0.39 is 12.1 Å². The second-order valence-electron chi connectivity index (χ2n) is 2.09. The second kappa shape index (κ2) is 3.58. The highest BCUT2D eigenvalue weighted by atomic mass is 16.3. The van der Waals surface area contributed by atoms with Gasteiger partial charge in [0.05, 0.1) is 12.1 Å². The van der Waals surface area contributed by atoms with E-state index in [1.807, 2.05) is 0 Å². The highest BCUT2D eigenvalue weighted by molar-refractivity contribution is 5.83. The Labute approximate surface area is 54.9 Å². The van der Waals surface area contributed by atoms with Crippen LogP contribution in [0.4, 0.5) is 0 Å². The van der Waals surface area contributed by atoms with Crippen molar-refractivity contribution < 1.29 is 9.90 Å². The summed E-state index contributed by atoms with van der Waals surface area (Å²) in [4.78, 5) is 10.7. The van der Waals surface area contributed by atoms with E-state index in [2.05, 4.69) is 0 Å². The molecule has 0 amide bonds. The number of rotatable bonds is 3. The lowest BCUT2D eigenvalue weighted by molar-refractivity contribution is -0.122. The summed E-state index contributed by atoms with van der Waals surface area (Å²) in [6, 6.07) is -0.699. The molecule has 0 saturated heterocycles. The molecule has 0 bridgehead atoms. The van der Waals surface area contributed by atoms with Crippen molar-refractivity contribution in [3.8, 4) is 0 Å². The number of carbonyl (C=O) groups is 1. The van der Waals surface area contributed by atoms with Gasteiger partial charge in [0.1, 0.15) is 0 Å². The lowest BCUT2D eigenvalue weighted by atomic mass is 10.1. The van der Waals surface area contributed by atoms with Crippen LogP contribution in [-0.2, 0) is 4.79 Å². The molecule has 0 radical (unpaired) electrons. The van der Waals surface area contributed by atoms with E-state index in [-0.39, 0.29) is 5.78 Å². The quantitative estimate of drug-likeness (QED) is 0.551. The van der Waals surface area contributed by atoms with Crippen LogP contribution in [0.15, 0.2) is 0 Å². The van der Waals surface area contributed by atoms with Crippen LogP contribution in [0.5, 0.6) is 0 Å². The highest BCUT2D eigenvalue weighted by Gasteiger charge is 2.15. The lowest BCUT2D eigenvalue weighted by Crippen LogP contribution is -2.39. The standard InChI is InChI=1S/C6H13NO2/c1-3-5(9)6(7)4(2)8/h4,6,8H,3,7H2,1-2H3/t4?,6-/m0/s1. The number of hydrogen-bond acceptors (Lipinski definition) is 3. The van der Waals surface area contributed by atoms with Gasteiger partial charge in [0.15, 0.2) is 5.78 Å². The van der Waals surface area contributed by atoms with Crippen LogP contribution in [0.2, 0.25) is 0 Å². The molecule has 2 atom stereocenters. The number of aliphatic hydroxyl groups is 1. The van der Waals surface area contributed by atoms with Crippen LogP contribution in [0.25, 0.3) is 0 Å². The Bertz CT molecular complexity index is 101. The summed E-state index contributed by atoms with van der Waals surface area (Å²) in [5, 5.41) is 8.78. The van der Waals surface area contributed by atoms with E-state index in [0.29, 0.717) is 6.42 Å². The predicted molar refractivity (Wildman–Crippen MR) is 35.0 cm³/mol. The largest absolute Gasteiger partial charge is 0.391 e. The highest BCUT2D eigenvalue weighted by Crippen LogP contribution is 1.92. The summed E-state index contributed by atoms with van der Waals surface area (Å²) in [6.45, 7) is 3.24. The van der Waals surface area contributed by atoms with Gasteiger partial charge in [0.25, 0.3) is 0 Å². The topological polar surface area (TPSA) is 63.3 Å². The fraction of sp³-hybridized carbons (Fsp3) is 0.833. The predicted octanol–water partition coefficient (Wildman–Crippen LogP) is -0.326. The minimum Gasteiger partial charge on any atom is -0.391 e. The minimum atomic E-state index is -0.725. The van der Waals surface area contributed by atoms with Crippen LogP contribution in [0, 0.1) is 0 Å². The van der Waals surface area contributed by atoms with Gasteiger partial charge in [-0.1, -0.05) is 6.92 Å². The molecule has 0 aliphatic carbocycles. The average molecular weight is 131 g/mol. The van der Waals surface area contributed by atoms with Crippen LogP contribution >= 0.6 is 0 Å². The Morgan fingerprint density at radius 2 is 2.22 bits per heavy atom. The summed E-state index contributed by atoms with van der Waals surface area (Å²) >= 11 is 0. The maximum atomic E-state index is 10.7. The van der Waals surface area contributed by atoms with E-state index in [9.17, 15) is 4.79 Å². The molecule has 0 heterocycles. The number of nitrogens with two attached hydrogens (primary N) is 1. The molecule has 0 fully saturated rings. The molecular weight excluding hydrogens is 118 g/mol. The SMILES string of the molecule is CCC(=O)[C@@H](N)C(C)O. The molecule has 0 rings (SSSR count). The third-order valence-corrected chi connectivity index (χ3v) is 1.24. The molecule has 54 valence electrons. The van der Waals surface area contributed by atoms with Crippen LogP contribution in [-0.4, -0.2) is 23.0 Å². The zero-order valence-corrected chi connectivity index (χ0v) is 5.79. The van der Waals surface area contributed by atoms with Crippen LogP contribution < -0.4 is 5.73 Å². The number of aliphatic hydroxyl groups excluding tert-OH is 1. The van der Waals surface area contributed by atoms with Gasteiger partial charge < -0.3 is 10.8 Å². The Balaban J connectivity index is 3.72. The van der Waals surface area contributed by atoms with Gasteiger partial charge >= 0.3 is 0 Å². The van der Waals surface area contributed by atoms with E-state index in [1.165, 1.54) is 6.92 Å². The summed E-state index contributed by atoms with van der Waals surface area (Å²) in [6.07, 6.45) is -0.330. The first-order valence-corrected chi connectivity index (χ1v) is 3.06. The van der Waals surface area contributed by atoms with Gasteiger partial charge in [-0.2, -0.15) is 0 Å². The summed E-state index contributed by atoms with van der Waals surface area (Å²) < 4.78 is 0. The van der Waals surface area contributed by atoms with Gasteiger partial charge in [0.2, 0.25) is 0 Å². The zero-order chi connectivity index (χ0) is 7.44. The van der Waals surface area contributed by atoms with Crippen molar-refractivity contribution >= 4 is 5.78 Å². The molecule has 0 saturated carbocycles. The first-order chi connectivity index (χ1) is 4.09. The first-order valence-electron chi connectivity index (χ1n) is 3.06. The van der Waals surface area contributed by atoms with Gasteiger partial charge in [-0.15, -0.1) is 0 Å². The third kappa shape index (κ3) is 2.58. The number of ketones is 1. The molecule has 0 aromatic rings. The van der Waals surface area contributed by atoms with Gasteiger partial charge in [0, 0.05) is 6.42 Å². The Kier molecular flexibility index (Phi) is 3.42. The van der Waals surface area contributed by atoms with Crippen molar-refractivity contribution in [1.82, 2.24) is 0 Å². The molecule has 3 heteroatoms. The van der Waals surface area contributed by atoms with Crippen LogP contribution in [0.3, 0.4) is 0 Å². The number of carbonyl (C=O) groups excluding carboxylic acids is 1. The zero-order valence-electron chi connectivity index (χ0n) is 5.79. The van der Waals surface area contributed by atoms with Crippen molar-refractivity contribution in [3.05, 3.63) is 0 Å². The average Bonchev–Trinajstić information content (AvgIpc) is 1.84. The van der Waals surface area contributed by atoms with Gasteiger partial charge in [-0.3, -0.25) is 4.79 Å². The van der Waals surface area contributed by atoms with Gasteiger partial charge in [-0.05, 0) is 6.92 Å². The molecule has 0 spiro atoms. The van der Waals surface area contributed by atoms with Crippen LogP contribution in [0.1, 0.15) is 20.3 Å². The maximum Gasteiger partial charge on any atom is 0.151 e. The van der Waals surface area contributed by atoms with Crippen molar-refractivity contribution in [3.63, 3.8) is 0 Å². The molecule has 0 aromatic carbocycles. The maximum absolute atomic E-state index is 10.7. The molecule has 9 heavy (non-hydrogen) atoms. The Morgan fingerprint density at radius 1 is 1.78 bits per heavy atom. The minimum absolute atomic E-state index is 0.0926. The molecule has 0 aliphatic rings. The summed E-state index contributed by atoms with van der Waals surface area (Å²) in [7, 11) is 0. The molecule has 0 aromatic heterocycles. The lowest BCUT2D eigenvalue weighted by Gasteiger charge is -2.10. The van der Waals surface area contributed by atoms with Crippen molar-refractivity contribution in [1.29, 1.82) is 0 Å². The number of Topliss-reactive ketones (excluding diaryl/α,β-unsaturated/α-hetero) is 1. The van der Waals surface area contributed by atoms with E-state index in [1.54, 1.807) is 6.92 Å². The fourth-order valence-electron chi connectivity index (χ4n) is 0.505. The monoisotopic (exact) mass is 131 g/mol. The molecule has 3 nitrogen and oxygen atoms in total. The molecular formula is C6H13NO2. The fourth-order valence-corrected chi connectivity index (χ4v) is 0.505. The summed E-state index contributed by atoms with van der Waals surface area (Å²) in [5.74, 6) is -0.0926. The van der Waals surface area contributed by atoms with E-state index in [0.717, 1.165) is 0 Å². The smallest absolute Gasteiger partial charge is 0.151 e. The normalized spacial score (nSPS) is 16.9. The first kappa shape index (κ1) is 8.59. The van der Waals surface area contributed by atoms with Crippen molar-refractivity contribution in [2.75, 3.05) is 0 Å².